The van der Waals surface area contributed by atoms with Gasteiger partial charge in [0, 0.05) is 15.9 Å². The Hall–Kier alpha value is -0.540. The van der Waals surface area contributed by atoms with E-state index in [1.54, 1.807) is 0 Å². The third kappa shape index (κ3) is 3.99. The summed E-state index contributed by atoms with van der Waals surface area (Å²) in [5, 5.41) is 3.07. The van der Waals surface area contributed by atoms with Gasteiger partial charge < -0.3 is 5.32 Å². The molecule has 1 aromatic rings. The standard InChI is InChI=1S/C14H19BrClNO/c1-4-14(3,7-8-16)17-13(18)11-9-10(2)5-6-12(11)15/h5-6,9H,4,7-8H2,1-3H3,(H,17,18). The Morgan fingerprint density at radius 1 is 1.50 bits per heavy atom. The Balaban J connectivity index is 2.90. The van der Waals surface area contributed by atoms with Crippen molar-refractivity contribution >= 4 is 33.4 Å². The number of carbonyl (C=O) groups excluding carboxylic acids is 1. The molecule has 0 aromatic heterocycles. The first-order valence-corrected chi connectivity index (χ1v) is 7.39. The fourth-order valence-electron chi connectivity index (χ4n) is 1.69. The highest BCUT2D eigenvalue weighted by atomic mass is 79.9. The lowest BCUT2D eigenvalue weighted by Gasteiger charge is -2.29. The molecule has 1 aromatic carbocycles. The van der Waals surface area contributed by atoms with Gasteiger partial charge in [-0.3, -0.25) is 4.79 Å². The number of carbonyl (C=O) groups is 1. The zero-order chi connectivity index (χ0) is 13.8. The Kier molecular flexibility index (Phi) is 5.67. The molecule has 1 amide bonds. The van der Waals surface area contributed by atoms with Crippen LogP contribution < -0.4 is 5.32 Å². The van der Waals surface area contributed by atoms with E-state index in [1.807, 2.05) is 32.0 Å². The van der Waals surface area contributed by atoms with E-state index in [4.69, 9.17) is 11.6 Å². The van der Waals surface area contributed by atoms with Crippen molar-refractivity contribution in [3.8, 4) is 0 Å². The molecule has 1 atom stereocenters. The number of rotatable bonds is 5. The van der Waals surface area contributed by atoms with Crippen molar-refractivity contribution in [3.63, 3.8) is 0 Å². The van der Waals surface area contributed by atoms with Gasteiger partial charge in [-0.15, -0.1) is 11.6 Å². The molecule has 1 N–H and O–H groups in total. The van der Waals surface area contributed by atoms with E-state index in [0.29, 0.717) is 11.4 Å². The van der Waals surface area contributed by atoms with E-state index in [9.17, 15) is 4.79 Å². The Bertz CT molecular complexity index is 436. The number of amides is 1. The van der Waals surface area contributed by atoms with Gasteiger partial charge in [-0.2, -0.15) is 0 Å². The molecule has 0 bridgehead atoms. The van der Waals surface area contributed by atoms with E-state index in [-0.39, 0.29) is 11.4 Å². The molecule has 4 heteroatoms. The molecule has 18 heavy (non-hydrogen) atoms. The summed E-state index contributed by atoms with van der Waals surface area (Å²) in [7, 11) is 0. The molecule has 1 rings (SSSR count). The van der Waals surface area contributed by atoms with Crippen molar-refractivity contribution in [1.29, 1.82) is 0 Å². The van der Waals surface area contributed by atoms with Gasteiger partial charge in [0.05, 0.1) is 5.56 Å². The number of hydrogen-bond acceptors (Lipinski definition) is 1. The lowest BCUT2D eigenvalue weighted by Crippen LogP contribution is -2.46. The molecule has 2 nitrogen and oxygen atoms in total. The summed E-state index contributed by atoms with van der Waals surface area (Å²) < 4.78 is 0.815. The minimum Gasteiger partial charge on any atom is -0.347 e. The fraction of sp³-hybridized carbons (Fsp3) is 0.500. The summed E-state index contributed by atoms with van der Waals surface area (Å²) in [6.07, 6.45) is 1.62. The van der Waals surface area contributed by atoms with Crippen LogP contribution >= 0.6 is 27.5 Å². The van der Waals surface area contributed by atoms with Crippen molar-refractivity contribution in [1.82, 2.24) is 5.32 Å². The highest BCUT2D eigenvalue weighted by Gasteiger charge is 2.24. The lowest BCUT2D eigenvalue weighted by molar-refractivity contribution is 0.0900. The predicted molar refractivity (Wildman–Crippen MR) is 80.4 cm³/mol. The Labute approximate surface area is 122 Å². The quantitative estimate of drug-likeness (QED) is 0.801. The second-order valence-corrected chi connectivity index (χ2v) is 6.02. The van der Waals surface area contributed by atoms with Crippen LogP contribution in [0.2, 0.25) is 0 Å². The number of aryl methyl sites for hydroxylation is 1. The molecule has 1 unspecified atom stereocenters. The zero-order valence-electron chi connectivity index (χ0n) is 11.0. The average molecular weight is 333 g/mol. The number of hydrogen-bond donors (Lipinski definition) is 1. The largest absolute Gasteiger partial charge is 0.347 e. The predicted octanol–water partition coefficient (Wildman–Crippen LogP) is 4.28. The van der Waals surface area contributed by atoms with Gasteiger partial charge in [0.2, 0.25) is 0 Å². The van der Waals surface area contributed by atoms with Crippen molar-refractivity contribution in [2.45, 2.75) is 39.2 Å². The first-order valence-electron chi connectivity index (χ1n) is 6.06. The van der Waals surface area contributed by atoms with Crippen molar-refractivity contribution in [3.05, 3.63) is 33.8 Å². The van der Waals surface area contributed by atoms with E-state index in [0.717, 1.165) is 22.9 Å². The minimum absolute atomic E-state index is 0.0555. The maximum Gasteiger partial charge on any atom is 0.252 e. The zero-order valence-corrected chi connectivity index (χ0v) is 13.4. The number of halogens is 2. The molecule has 0 aliphatic heterocycles. The highest BCUT2D eigenvalue weighted by Crippen LogP contribution is 2.21. The highest BCUT2D eigenvalue weighted by molar-refractivity contribution is 9.10. The van der Waals surface area contributed by atoms with Gasteiger partial charge in [0.15, 0.2) is 0 Å². The third-order valence-electron chi connectivity index (χ3n) is 3.21. The lowest BCUT2D eigenvalue weighted by atomic mass is 9.95. The molecule has 0 heterocycles. The topological polar surface area (TPSA) is 29.1 Å². The van der Waals surface area contributed by atoms with Crippen LogP contribution in [0.5, 0.6) is 0 Å². The summed E-state index contributed by atoms with van der Waals surface area (Å²) in [6, 6.07) is 5.75. The molecule has 100 valence electrons. The molecule has 0 saturated carbocycles. The van der Waals surface area contributed by atoms with Crippen LogP contribution in [0.3, 0.4) is 0 Å². The van der Waals surface area contributed by atoms with Crippen LogP contribution in [0.25, 0.3) is 0 Å². The van der Waals surface area contributed by atoms with Crippen LogP contribution in [-0.2, 0) is 0 Å². The second-order valence-electron chi connectivity index (χ2n) is 4.79. The van der Waals surface area contributed by atoms with Gasteiger partial charge in [-0.1, -0.05) is 18.6 Å². The maximum atomic E-state index is 12.3. The van der Waals surface area contributed by atoms with E-state index in [2.05, 4.69) is 28.2 Å². The monoisotopic (exact) mass is 331 g/mol. The van der Waals surface area contributed by atoms with Crippen molar-refractivity contribution in [2.24, 2.45) is 0 Å². The van der Waals surface area contributed by atoms with Gasteiger partial charge in [-0.05, 0) is 54.8 Å². The molecule has 0 saturated heterocycles. The van der Waals surface area contributed by atoms with Crippen LogP contribution in [0.4, 0.5) is 0 Å². The van der Waals surface area contributed by atoms with Crippen LogP contribution in [0.1, 0.15) is 42.6 Å². The van der Waals surface area contributed by atoms with E-state index in [1.165, 1.54) is 0 Å². The van der Waals surface area contributed by atoms with Gasteiger partial charge >= 0.3 is 0 Å². The number of benzene rings is 1. The molecule has 0 radical (unpaired) electrons. The summed E-state index contributed by atoms with van der Waals surface area (Å²) in [6.45, 7) is 6.05. The Morgan fingerprint density at radius 3 is 2.72 bits per heavy atom. The fourth-order valence-corrected chi connectivity index (χ4v) is 2.53. The smallest absolute Gasteiger partial charge is 0.252 e. The SMILES string of the molecule is CCC(C)(CCCl)NC(=O)c1cc(C)ccc1Br. The first kappa shape index (κ1) is 15.5. The number of alkyl halides is 1. The van der Waals surface area contributed by atoms with Gasteiger partial charge in [0.1, 0.15) is 0 Å². The molecular formula is C14H19BrClNO. The first-order chi connectivity index (χ1) is 8.41. The average Bonchev–Trinajstić information content (AvgIpc) is 2.32. The third-order valence-corrected chi connectivity index (χ3v) is 4.09. The maximum absolute atomic E-state index is 12.3. The number of nitrogens with one attached hydrogen (secondary N) is 1. The summed E-state index contributed by atoms with van der Waals surface area (Å²) in [5.74, 6) is 0.486. The molecule has 0 aliphatic rings. The normalized spacial score (nSPS) is 14.1. The summed E-state index contributed by atoms with van der Waals surface area (Å²) in [5.41, 5.74) is 1.49. The van der Waals surface area contributed by atoms with Crippen LogP contribution in [-0.4, -0.2) is 17.3 Å². The van der Waals surface area contributed by atoms with Crippen molar-refractivity contribution < 1.29 is 4.79 Å². The Morgan fingerprint density at radius 2 is 2.17 bits per heavy atom. The van der Waals surface area contributed by atoms with Crippen LogP contribution in [0, 0.1) is 6.92 Å². The summed E-state index contributed by atoms with van der Waals surface area (Å²) >= 11 is 9.20. The molecule has 0 spiro atoms. The minimum atomic E-state index is -0.248. The van der Waals surface area contributed by atoms with Gasteiger partial charge in [-0.25, -0.2) is 0 Å². The molecule has 0 aliphatic carbocycles. The molecular weight excluding hydrogens is 314 g/mol. The van der Waals surface area contributed by atoms with Crippen molar-refractivity contribution in [2.75, 3.05) is 5.88 Å². The van der Waals surface area contributed by atoms with Gasteiger partial charge in [0.25, 0.3) is 5.91 Å². The van der Waals surface area contributed by atoms with E-state index < -0.39 is 0 Å². The van der Waals surface area contributed by atoms with Crippen LogP contribution in [0.15, 0.2) is 22.7 Å². The van der Waals surface area contributed by atoms with E-state index >= 15 is 0 Å². The second kappa shape index (κ2) is 6.58. The summed E-state index contributed by atoms with van der Waals surface area (Å²) in [4.78, 5) is 12.3. The molecule has 0 fully saturated rings.